The van der Waals surface area contributed by atoms with Crippen molar-refractivity contribution in [2.75, 3.05) is 11.6 Å². The number of alkyl halides is 1. The molecule has 19 heavy (non-hydrogen) atoms. The van der Waals surface area contributed by atoms with Crippen LogP contribution < -0.4 is 0 Å². The maximum atomic E-state index is 12.1. The molecule has 1 aromatic rings. The lowest BCUT2D eigenvalue weighted by Crippen LogP contribution is -2.09. The summed E-state index contributed by atoms with van der Waals surface area (Å²) in [5, 5.41) is 17.4. The summed E-state index contributed by atoms with van der Waals surface area (Å²) in [4.78, 5) is 0.114. The summed E-state index contributed by atoms with van der Waals surface area (Å²) in [6, 6.07) is 9.68. The summed E-state index contributed by atoms with van der Waals surface area (Å²) in [6.07, 6.45) is 1.62. The minimum Gasteiger partial charge on any atom is -0.224 e. The largest absolute Gasteiger partial charge is 0.224 e. The average Bonchev–Trinajstić information content (AvgIpc) is 2.43. The number of halogens is 1. The average molecular weight is 295 g/mol. The molecule has 98 valence electrons. The standard InChI is InChI=1S/C13H11ClN2O2S/c14-6-3-7-19(17,18)13-5-2-1-4-12(13)8-11(9-15)10-16/h1-2,4-5,8H,3,6-7H2. The fourth-order valence-corrected chi connectivity index (χ4v) is 3.29. The van der Waals surface area contributed by atoms with Crippen LogP contribution in [0.15, 0.2) is 34.7 Å². The van der Waals surface area contributed by atoms with Crippen LogP contribution in [-0.2, 0) is 9.84 Å². The molecule has 0 saturated heterocycles. The highest BCUT2D eigenvalue weighted by Crippen LogP contribution is 2.20. The van der Waals surface area contributed by atoms with Crippen LogP contribution in [0.1, 0.15) is 12.0 Å². The maximum Gasteiger partial charge on any atom is 0.179 e. The summed E-state index contributed by atoms with van der Waals surface area (Å²) in [7, 11) is -3.46. The zero-order valence-electron chi connectivity index (χ0n) is 10.0. The van der Waals surface area contributed by atoms with Crippen molar-refractivity contribution >= 4 is 27.5 Å². The lowest BCUT2D eigenvalue weighted by Gasteiger charge is -2.06. The van der Waals surface area contributed by atoms with E-state index in [0.717, 1.165) is 0 Å². The van der Waals surface area contributed by atoms with E-state index < -0.39 is 9.84 Å². The lowest BCUT2D eigenvalue weighted by atomic mass is 10.1. The minimum atomic E-state index is -3.46. The Balaban J connectivity index is 3.29. The molecule has 0 amide bonds. The Kier molecular flexibility index (Phi) is 5.57. The van der Waals surface area contributed by atoms with Gasteiger partial charge in [-0.05, 0) is 24.1 Å². The third kappa shape index (κ3) is 4.10. The second-order valence-corrected chi connectivity index (χ2v) is 6.14. The molecule has 0 radical (unpaired) electrons. The predicted octanol–water partition coefficient (Wildman–Crippen LogP) is 2.52. The molecule has 0 bridgehead atoms. The number of hydrogen-bond donors (Lipinski definition) is 0. The molecule has 0 aromatic heterocycles. The smallest absolute Gasteiger partial charge is 0.179 e. The van der Waals surface area contributed by atoms with Gasteiger partial charge in [-0.1, -0.05) is 18.2 Å². The van der Waals surface area contributed by atoms with E-state index in [0.29, 0.717) is 12.0 Å². The predicted molar refractivity (Wildman–Crippen MR) is 73.0 cm³/mol. The number of allylic oxidation sites excluding steroid dienone is 1. The molecule has 0 aliphatic heterocycles. The van der Waals surface area contributed by atoms with Gasteiger partial charge in [0.2, 0.25) is 0 Å². The Labute approximate surface area is 117 Å². The molecule has 0 N–H and O–H groups in total. The molecule has 0 atom stereocenters. The first-order chi connectivity index (χ1) is 9.05. The van der Waals surface area contributed by atoms with Crippen LogP contribution in [0.2, 0.25) is 0 Å². The second-order valence-electron chi connectivity index (χ2n) is 3.68. The summed E-state index contributed by atoms with van der Waals surface area (Å²) in [5.41, 5.74) is 0.204. The maximum absolute atomic E-state index is 12.1. The van der Waals surface area contributed by atoms with Gasteiger partial charge in [-0.15, -0.1) is 11.6 Å². The van der Waals surface area contributed by atoms with Gasteiger partial charge in [-0.3, -0.25) is 0 Å². The molecule has 0 spiro atoms. The van der Waals surface area contributed by atoms with E-state index in [1.54, 1.807) is 30.3 Å². The van der Waals surface area contributed by atoms with Crippen LogP contribution >= 0.6 is 11.6 Å². The van der Waals surface area contributed by atoms with Crippen molar-refractivity contribution in [2.24, 2.45) is 0 Å². The van der Waals surface area contributed by atoms with Crippen LogP contribution in [0.3, 0.4) is 0 Å². The van der Waals surface area contributed by atoms with Crippen molar-refractivity contribution in [1.82, 2.24) is 0 Å². The van der Waals surface area contributed by atoms with Crippen molar-refractivity contribution in [3.63, 3.8) is 0 Å². The van der Waals surface area contributed by atoms with E-state index in [2.05, 4.69) is 0 Å². The van der Waals surface area contributed by atoms with Gasteiger partial charge in [0.15, 0.2) is 9.84 Å². The van der Waals surface area contributed by atoms with Crippen molar-refractivity contribution in [3.05, 3.63) is 35.4 Å². The van der Waals surface area contributed by atoms with E-state index in [4.69, 9.17) is 22.1 Å². The summed E-state index contributed by atoms with van der Waals surface area (Å²) in [6.45, 7) is 0. The molecule has 1 rings (SSSR count). The number of hydrogen-bond acceptors (Lipinski definition) is 4. The topological polar surface area (TPSA) is 81.7 Å². The Hall–Kier alpha value is -1.82. The molecule has 4 nitrogen and oxygen atoms in total. The highest BCUT2D eigenvalue weighted by atomic mass is 35.5. The van der Waals surface area contributed by atoms with E-state index in [9.17, 15) is 8.42 Å². The number of nitriles is 2. The molecule has 0 saturated carbocycles. The van der Waals surface area contributed by atoms with Gasteiger partial charge >= 0.3 is 0 Å². The Morgan fingerprint density at radius 1 is 1.26 bits per heavy atom. The van der Waals surface area contributed by atoms with Crippen molar-refractivity contribution in [2.45, 2.75) is 11.3 Å². The molecule has 6 heteroatoms. The van der Waals surface area contributed by atoms with Gasteiger partial charge in [0.25, 0.3) is 0 Å². The van der Waals surface area contributed by atoms with E-state index in [-0.39, 0.29) is 22.1 Å². The quantitative estimate of drug-likeness (QED) is 0.617. The highest BCUT2D eigenvalue weighted by Gasteiger charge is 2.17. The normalized spacial score (nSPS) is 10.3. The van der Waals surface area contributed by atoms with Crippen LogP contribution in [-0.4, -0.2) is 20.1 Å². The molecule has 0 aliphatic rings. The molecule has 0 unspecified atom stereocenters. The highest BCUT2D eigenvalue weighted by molar-refractivity contribution is 7.91. The van der Waals surface area contributed by atoms with Gasteiger partial charge in [0.05, 0.1) is 10.6 Å². The fraction of sp³-hybridized carbons (Fsp3) is 0.231. The first-order valence-electron chi connectivity index (χ1n) is 5.45. The summed E-state index contributed by atoms with van der Waals surface area (Å²) < 4.78 is 24.2. The molecular weight excluding hydrogens is 284 g/mol. The first kappa shape index (κ1) is 15.2. The monoisotopic (exact) mass is 294 g/mol. The SMILES string of the molecule is N#CC(C#N)=Cc1ccccc1S(=O)(=O)CCCCl. The number of sulfone groups is 1. The summed E-state index contributed by atoms with van der Waals surface area (Å²) in [5.74, 6) is 0.203. The molecule has 0 fully saturated rings. The van der Waals surface area contributed by atoms with E-state index in [1.165, 1.54) is 12.1 Å². The van der Waals surface area contributed by atoms with Gasteiger partial charge in [-0.25, -0.2) is 8.42 Å². The zero-order valence-corrected chi connectivity index (χ0v) is 11.6. The lowest BCUT2D eigenvalue weighted by molar-refractivity contribution is 0.594. The Morgan fingerprint density at radius 3 is 2.47 bits per heavy atom. The third-order valence-electron chi connectivity index (χ3n) is 2.34. The number of rotatable bonds is 5. The number of nitrogens with zero attached hydrogens (tertiary/aromatic N) is 2. The van der Waals surface area contributed by atoms with Crippen LogP contribution in [0, 0.1) is 22.7 Å². The molecule has 0 heterocycles. The summed E-state index contributed by atoms with van der Waals surface area (Å²) >= 11 is 5.50. The van der Waals surface area contributed by atoms with Gasteiger partial charge in [0, 0.05) is 5.88 Å². The molecule has 0 aliphatic carbocycles. The van der Waals surface area contributed by atoms with Crippen molar-refractivity contribution in [3.8, 4) is 12.1 Å². The third-order valence-corrected chi connectivity index (χ3v) is 4.48. The van der Waals surface area contributed by atoms with E-state index in [1.807, 2.05) is 0 Å². The minimum absolute atomic E-state index is 0.0597. The van der Waals surface area contributed by atoms with Gasteiger partial charge in [0.1, 0.15) is 17.7 Å². The Morgan fingerprint density at radius 2 is 1.89 bits per heavy atom. The molecule has 1 aromatic carbocycles. The Bertz CT molecular complexity index is 651. The fourth-order valence-electron chi connectivity index (χ4n) is 1.48. The number of benzene rings is 1. The van der Waals surface area contributed by atoms with Crippen LogP contribution in [0.25, 0.3) is 6.08 Å². The van der Waals surface area contributed by atoms with Crippen molar-refractivity contribution in [1.29, 1.82) is 10.5 Å². The second kappa shape index (κ2) is 6.94. The van der Waals surface area contributed by atoms with E-state index >= 15 is 0 Å². The van der Waals surface area contributed by atoms with Crippen LogP contribution in [0.5, 0.6) is 0 Å². The van der Waals surface area contributed by atoms with Crippen LogP contribution in [0.4, 0.5) is 0 Å². The molecular formula is C13H11ClN2O2S. The zero-order chi connectivity index (χ0) is 14.3. The van der Waals surface area contributed by atoms with Gasteiger partial charge < -0.3 is 0 Å². The van der Waals surface area contributed by atoms with Gasteiger partial charge in [-0.2, -0.15) is 10.5 Å². The first-order valence-corrected chi connectivity index (χ1v) is 7.63. The van der Waals surface area contributed by atoms with Crippen molar-refractivity contribution < 1.29 is 8.42 Å².